The summed E-state index contributed by atoms with van der Waals surface area (Å²) in [4.78, 5) is 12.2. The Morgan fingerprint density at radius 2 is 0.759 bits per heavy atom. The SMILES string of the molecule is Fc1c(F)c(F)c(-c2nc(-c3ccccc3)nc(-c3ccccc3)n2)c(F)c1F. The molecule has 1 aromatic heterocycles. The first kappa shape index (κ1) is 18.7. The van der Waals surface area contributed by atoms with Crippen LogP contribution >= 0.6 is 0 Å². The smallest absolute Gasteiger partial charge is 0.200 e. The Morgan fingerprint density at radius 1 is 0.414 bits per heavy atom. The van der Waals surface area contributed by atoms with Crippen LogP contribution in [0.2, 0.25) is 0 Å². The average Bonchev–Trinajstić information content (AvgIpc) is 2.77. The number of halogens is 5. The lowest BCUT2D eigenvalue weighted by atomic mass is 10.1. The van der Waals surface area contributed by atoms with Gasteiger partial charge in [0.2, 0.25) is 5.82 Å². The normalized spacial score (nSPS) is 10.9. The van der Waals surface area contributed by atoms with E-state index in [9.17, 15) is 22.0 Å². The molecule has 0 spiro atoms. The van der Waals surface area contributed by atoms with E-state index in [1.54, 1.807) is 60.7 Å². The highest BCUT2D eigenvalue weighted by molar-refractivity contribution is 5.67. The van der Waals surface area contributed by atoms with Gasteiger partial charge in [0.1, 0.15) is 0 Å². The molecule has 3 aromatic carbocycles. The van der Waals surface area contributed by atoms with Crippen LogP contribution in [0.25, 0.3) is 34.2 Å². The molecule has 4 aromatic rings. The summed E-state index contributed by atoms with van der Waals surface area (Å²) >= 11 is 0. The Balaban J connectivity index is 2.02. The molecular formula is C21H10F5N3. The van der Waals surface area contributed by atoms with Crippen molar-refractivity contribution in [3.63, 3.8) is 0 Å². The molecule has 0 bridgehead atoms. The van der Waals surface area contributed by atoms with E-state index >= 15 is 0 Å². The van der Waals surface area contributed by atoms with Crippen molar-refractivity contribution in [2.45, 2.75) is 0 Å². The van der Waals surface area contributed by atoms with Gasteiger partial charge in [0.05, 0.1) is 5.56 Å². The Bertz CT molecular complexity index is 1110. The van der Waals surface area contributed by atoms with Crippen LogP contribution in [-0.4, -0.2) is 15.0 Å². The van der Waals surface area contributed by atoms with Crippen LogP contribution in [0.5, 0.6) is 0 Å². The fourth-order valence-electron chi connectivity index (χ4n) is 2.72. The molecule has 4 rings (SSSR count). The van der Waals surface area contributed by atoms with Crippen molar-refractivity contribution in [2.75, 3.05) is 0 Å². The summed E-state index contributed by atoms with van der Waals surface area (Å²) in [6.45, 7) is 0. The number of rotatable bonds is 3. The summed E-state index contributed by atoms with van der Waals surface area (Å²) in [5.74, 6) is -11.0. The maximum atomic E-state index is 14.3. The van der Waals surface area contributed by atoms with Gasteiger partial charge in [-0.3, -0.25) is 0 Å². The van der Waals surface area contributed by atoms with Crippen molar-refractivity contribution in [2.24, 2.45) is 0 Å². The van der Waals surface area contributed by atoms with E-state index in [1.165, 1.54) is 0 Å². The summed E-state index contributed by atoms with van der Waals surface area (Å²) in [7, 11) is 0. The molecule has 0 fully saturated rings. The van der Waals surface area contributed by atoms with Gasteiger partial charge in [0, 0.05) is 11.1 Å². The molecule has 0 aliphatic heterocycles. The van der Waals surface area contributed by atoms with Crippen LogP contribution < -0.4 is 0 Å². The largest absolute Gasteiger partial charge is 0.208 e. The van der Waals surface area contributed by atoms with Crippen LogP contribution in [-0.2, 0) is 0 Å². The van der Waals surface area contributed by atoms with Gasteiger partial charge in [0.25, 0.3) is 0 Å². The molecule has 0 saturated carbocycles. The van der Waals surface area contributed by atoms with Gasteiger partial charge in [-0.15, -0.1) is 0 Å². The van der Waals surface area contributed by atoms with E-state index in [-0.39, 0.29) is 11.6 Å². The number of nitrogens with zero attached hydrogens (tertiary/aromatic N) is 3. The topological polar surface area (TPSA) is 38.7 Å². The molecule has 144 valence electrons. The van der Waals surface area contributed by atoms with Gasteiger partial charge in [-0.1, -0.05) is 60.7 Å². The van der Waals surface area contributed by atoms with E-state index < -0.39 is 40.5 Å². The molecule has 29 heavy (non-hydrogen) atoms. The van der Waals surface area contributed by atoms with Crippen molar-refractivity contribution in [3.05, 3.63) is 89.7 Å². The average molecular weight is 399 g/mol. The second kappa shape index (κ2) is 7.38. The summed E-state index contributed by atoms with van der Waals surface area (Å²) in [5.41, 5.74) is -0.243. The molecule has 0 N–H and O–H groups in total. The number of hydrogen-bond acceptors (Lipinski definition) is 3. The van der Waals surface area contributed by atoms with Gasteiger partial charge in [-0.2, -0.15) is 0 Å². The quantitative estimate of drug-likeness (QED) is 0.257. The predicted octanol–water partition coefficient (Wildman–Crippen LogP) is 5.57. The lowest BCUT2D eigenvalue weighted by Gasteiger charge is -2.10. The van der Waals surface area contributed by atoms with E-state index in [0.717, 1.165) is 0 Å². The molecule has 0 unspecified atom stereocenters. The van der Waals surface area contributed by atoms with Gasteiger partial charge in [0.15, 0.2) is 40.7 Å². The third-order valence-corrected chi connectivity index (χ3v) is 4.13. The molecule has 0 aliphatic rings. The first-order valence-corrected chi connectivity index (χ1v) is 8.36. The minimum absolute atomic E-state index is 0.0263. The Labute approximate surface area is 161 Å². The van der Waals surface area contributed by atoms with Crippen molar-refractivity contribution in [1.29, 1.82) is 0 Å². The molecule has 1 heterocycles. The second-order valence-electron chi connectivity index (χ2n) is 5.98. The van der Waals surface area contributed by atoms with Crippen molar-refractivity contribution in [1.82, 2.24) is 15.0 Å². The van der Waals surface area contributed by atoms with Crippen LogP contribution in [0.1, 0.15) is 0 Å². The summed E-state index contributed by atoms with van der Waals surface area (Å²) in [6, 6.07) is 16.8. The van der Waals surface area contributed by atoms with E-state index in [0.29, 0.717) is 11.1 Å². The molecule has 0 aliphatic carbocycles. The third-order valence-electron chi connectivity index (χ3n) is 4.13. The van der Waals surface area contributed by atoms with Gasteiger partial charge < -0.3 is 0 Å². The molecule has 0 amide bonds. The number of aromatic nitrogens is 3. The first-order valence-electron chi connectivity index (χ1n) is 8.36. The first-order chi connectivity index (χ1) is 14.0. The van der Waals surface area contributed by atoms with Crippen LogP contribution in [0.3, 0.4) is 0 Å². The third kappa shape index (κ3) is 3.33. The maximum absolute atomic E-state index is 14.3. The monoisotopic (exact) mass is 399 g/mol. The lowest BCUT2D eigenvalue weighted by Crippen LogP contribution is -2.08. The number of benzene rings is 3. The zero-order valence-electron chi connectivity index (χ0n) is 14.5. The van der Waals surface area contributed by atoms with E-state index in [1.807, 2.05) is 0 Å². The Morgan fingerprint density at radius 3 is 1.17 bits per heavy atom. The zero-order chi connectivity index (χ0) is 20.5. The Hall–Kier alpha value is -3.68. The molecule has 0 radical (unpaired) electrons. The minimum Gasteiger partial charge on any atom is -0.208 e. The van der Waals surface area contributed by atoms with Crippen LogP contribution in [0.15, 0.2) is 60.7 Å². The van der Waals surface area contributed by atoms with Gasteiger partial charge in [-0.25, -0.2) is 36.9 Å². The zero-order valence-corrected chi connectivity index (χ0v) is 14.5. The highest BCUT2D eigenvalue weighted by Gasteiger charge is 2.29. The fourth-order valence-corrected chi connectivity index (χ4v) is 2.72. The molecule has 0 saturated heterocycles. The summed E-state index contributed by atoms with van der Waals surface area (Å²) in [5, 5.41) is 0. The highest BCUT2D eigenvalue weighted by atomic mass is 19.2. The molecule has 0 atom stereocenters. The number of hydrogen-bond donors (Lipinski definition) is 0. The summed E-state index contributed by atoms with van der Waals surface area (Å²) < 4.78 is 69.5. The van der Waals surface area contributed by atoms with E-state index in [2.05, 4.69) is 15.0 Å². The second-order valence-corrected chi connectivity index (χ2v) is 5.98. The standard InChI is InChI=1S/C21H10F5N3/c22-14-13(15(23)17(25)18(26)16(14)24)21-28-19(11-7-3-1-4-8-11)27-20(29-21)12-9-5-2-6-10-12/h1-10H. The van der Waals surface area contributed by atoms with Crippen LogP contribution in [0, 0.1) is 29.1 Å². The van der Waals surface area contributed by atoms with Crippen molar-refractivity contribution < 1.29 is 22.0 Å². The highest BCUT2D eigenvalue weighted by Crippen LogP contribution is 2.31. The fraction of sp³-hybridized carbons (Fsp3) is 0. The molecule has 8 heteroatoms. The summed E-state index contributed by atoms with van der Waals surface area (Å²) in [6.07, 6.45) is 0. The molecular weight excluding hydrogens is 389 g/mol. The van der Waals surface area contributed by atoms with Crippen molar-refractivity contribution >= 4 is 0 Å². The van der Waals surface area contributed by atoms with Crippen molar-refractivity contribution in [3.8, 4) is 34.2 Å². The lowest BCUT2D eigenvalue weighted by molar-refractivity contribution is 0.381. The van der Waals surface area contributed by atoms with E-state index in [4.69, 9.17) is 0 Å². The predicted molar refractivity (Wildman–Crippen MR) is 95.9 cm³/mol. The van der Waals surface area contributed by atoms with Crippen LogP contribution in [0.4, 0.5) is 22.0 Å². The minimum atomic E-state index is -2.25. The van der Waals surface area contributed by atoms with Gasteiger partial charge >= 0.3 is 0 Å². The molecule has 3 nitrogen and oxygen atoms in total. The van der Waals surface area contributed by atoms with Gasteiger partial charge in [-0.05, 0) is 0 Å². The maximum Gasteiger partial charge on any atom is 0.200 e. The Kier molecular flexibility index (Phi) is 4.75.